The van der Waals surface area contributed by atoms with Crippen LogP contribution in [0.1, 0.15) is 13.8 Å². The van der Waals surface area contributed by atoms with Crippen molar-refractivity contribution in [3.05, 3.63) is 0 Å². The first-order chi connectivity index (χ1) is 4.52. The van der Waals surface area contributed by atoms with Gasteiger partial charge in [-0.25, -0.2) is 0 Å². The highest BCUT2D eigenvalue weighted by Gasteiger charge is 2.40. The van der Waals surface area contributed by atoms with Crippen LogP contribution < -0.4 is 4.98 Å². The molecule has 1 saturated heterocycles. The molecule has 1 fully saturated rings. The predicted molar refractivity (Wildman–Crippen MR) is 52.5 cm³/mol. The fraction of sp³-hybridized carbons (Fsp3) is 1.00. The van der Waals surface area contributed by atoms with Gasteiger partial charge in [-0.2, -0.15) is 0 Å². The van der Waals surface area contributed by atoms with Gasteiger partial charge >= 0.3 is 0 Å². The van der Waals surface area contributed by atoms with E-state index in [0.717, 1.165) is 6.04 Å². The molecule has 1 aliphatic heterocycles. The third kappa shape index (κ3) is 1.94. The molecule has 0 aromatic rings. The Balaban J connectivity index is 2.27. The highest BCUT2D eigenvalue weighted by atomic mass is 28.4. The lowest BCUT2D eigenvalue weighted by Gasteiger charge is -2.43. The SMILES string of the molecule is CC(C)N[Si]1(C)C[SiH](C)C1. The first kappa shape index (κ1) is 8.49. The number of nitrogens with one attached hydrogen (secondary N) is 1. The quantitative estimate of drug-likeness (QED) is 0.624. The van der Waals surface area contributed by atoms with Crippen molar-refractivity contribution in [1.29, 1.82) is 0 Å². The van der Waals surface area contributed by atoms with Crippen LogP contribution in [0, 0.1) is 0 Å². The Morgan fingerprint density at radius 1 is 1.40 bits per heavy atom. The minimum absolute atomic E-state index is 0.154. The van der Waals surface area contributed by atoms with Crippen LogP contribution in [-0.4, -0.2) is 23.1 Å². The van der Waals surface area contributed by atoms with Gasteiger partial charge in [0.25, 0.3) is 0 Å². The third-order valence-electron chi connectivity index (χ3n) is 2.24. The van der Waals surface area contributed by atoms with Crippen LogP contribution in [0.15, 0.2) is 0 Å². The zero-order valence-corrected chi connectivity index (χ0v) is 9.72. The Kier molecular flexibility index (Phi) is 2.37. The summed E-state index contributed by atoms with van der Waals surface area (Å²) in [6.07, 6.45) is 0. The van der Waals surface area contributed by atoms with Crippen LogP contribution in [0.3, 0.4) is 0 Å². The summed E-state index contributed by atoms with van der Waals surface area (Å²) in [5.41, 5.74) is 3.26. The number of rotatable bonds is 2. The van der Waals surface area contributed by atoms with E-state index in [9.17, 15) is 0 Å². The molecule has 10 heavy (non-hydrogen) atoms. The van der Waals surface area contributed by atoms with Crippen LogP contribution in [0.4, 0.5) is 0 Å². The molecular weight excluding hydrogens is 154 g/mol. The summed E-state index contributed by atoms with van der Waals surface area (Å²) in [4.78, 5) is 3.76. The van der Waals surface area contributed by atoms with Crippen molar-refractivity contribution >= 4 is 17.0 Å². The molecule has 60 valence electrons. The van der Waals surface area contributed by atoms with Crippen molar-refractivity contribution in [1.82, 2.24) is 4.98 Å². The van der Waals surface area contributed by atoms with Crippen molar-refractivity contribution in [3.8, 4) is 0 Å². The molecule has 0 spiro atoms. The minimum Gasteiger partial charge on any atom is -0.335 e. The zero-order valence-electron chi connectivity index (χ0n) is 7.57. The van der Waals surface area contributed by atoms with Crippen molar-refractivity contribution in [2.75, 3.05) is 0 Å². The summed E-state index contributed by atoms with van der Waals surface area (Å²) >= 11 is 0. The second-order valence-electron chi connectivity index (χ2n) is 4.37. The van der Waals surface area contributed by atoms with E-state index < -0.39 is 8.24 Å². The predicted octanol–water partition coefficient (Wildman–Crippen LogP) is 1.51. The lowest BCUT2D eigenvalue weighted by atomic mass is 10.4. The van der Waals surface area contributed by atoms with Crippen molar-refractivity contribution in [2.45, 2.75) is 44.3 Å². The summed E-state index contributed by atoms with van der Waals surface area (Å²) in [7, 11) is -0.965. The third-order valence-corrected chi connectivity index (χ3v) is 16.3. The van der Waals surface area contributed by atoms with Gasteiger partial charge < -0.3 is 4.98 Å². The molecular formula is C7H19NSi2. The average Bonchev–Trinajstić information content (AvgIpc) is 1.57. The Labute approximate surface area is 66.9 Å². The smallest absolute Gasteiger partial charge is 0.116 e. The summed E-state index contributed by atoms with van der Waals surface area (Å²) in [6.45, 7) is 9.53. The number of hydrogen-bond donors (Lipinski definition) is 1. The molecule has 1 nitrogen and oxygen atoms in total. The Morgan fingerprint density at radius 2 is 1.90 bits per heavy atom. The van der Waals surface area contributed by atoms with Gasteiger partial charge in [-0.05, 0) is 6.04 Å². The molecule has 0 aromatic heterocycles. The van der Waals surface area contributed by atoms with Crippen molar-refractivity contribution < 1.29 is 0 Å². The van der Waals surface area contributed by atoms with Gasteiger partial charge in [0.15, 0.2) is 0 Å². The molecule has 3 heteroatoms. The van der Waals surface area contributed by atoms with Crippen molar-refractivity contribution in [2.24, 2.45) is 0 Å². The molecule has 1 rings (SSSR count). The molecule has 0 aromatic carbocycles. The van der Waals surface area contributed by atoms with E-state index in [-0.39, 0.29) is 8.80 Å². The molecule has 0 amide bonds. The van der Waals surface area contributed by atoms with E-state index in [0.29, 0.717) is 0 Å². The lowest BCUT2D eigenvalue weighted by Crippen LogP contribution is -2.62. The maximum absolute atomic E-state index is 3.76. The number of hydrogen-bond acceptors (Lipinski definition) is 1. The second kappa shape index (κ2) is 2.79. The highest BCUT2D eigenvalue weighted by molar-refractivity contribution is 7.03. The van der Waals surface area contributed by atoms with Gasteiger partial charge in [0, 0.05) is 8.80 Å². The summed E-state index contributed by atoms with van der Waals surface area (Å²) < 4.78 is 0. The van der Waals surface area contributed by atoms with Gasteiger partial charge in [-0.3, -0.25) is 0 Å². The van der Waals surface area contributed by atoms with Gasteiger partial charge in [0.1, 0.15) is 8.24 Å². The molecule has 0 saturated carbocycles. The van der Waals surface area contributed by atoms with E-state index in [1.807, 2.05) is 0 Å². The standard InChI is InChI=1S/C7H19NSi2/c1-7(2)8-10(4)5-9(3)6-10/h7-9H,5-6H2,1-4H3. The lowest BCUT2D eigenvalue weighted by molar-refractivity contribution is 0.727. The minimum atomic E-state index is -0.811. The molecule has 1 heterocycles. The Hall–Kier alpha value is 0.394. The zero-order chi connectivity index (χ0) is 7.78. The van der Waals surface area contributed by atoms with Crippen LogP contribution >= 0.6 is 0 Å². The first-order valence-electron chi connectivity index (χ1n) is 4.29. The highest BCUT2D eigenvalue weighted by Crippen LogP contribution is 2.28. The topological polar surface area (TPSA) is 12.0 Å². The molecule has 0 atom stereocenters. The summed E-state index contributed by atoms with van der Waals surface area (Å²) in [5.74, 6) is 0. The molecule has 0 unspecified atom stereocenters. The maximum Gasteiger partial charge on any atom is 0.116 e. The first-order valence-corrected chi connectivity index (χ1v) is 10.00. The van der Waals surface area contributed by atoms with Crippen molar-refractivity contribution in [3.63, 3.8) is 0 Å². The monoisotopic (exact) mass is 173 g/mol. The largest absolute Gasteiger partial charge is 0.335 e. The van der Waals surface area contributed by atoms with Crippen LogP contribution in [0.25, 0.3) is 0 Å². The molecule has 1 N–H and O–H groups in total. The van der Waals surface area contributed by atoms with E-state index in [2.05, 4.69) is 31.9 Å². The van der Waals surface area contributed by atoms with E-state index in [1.54, 1.807) is 11.3 Å². The van der Waals surface area contributed by atoms with Gasteiger partial charge in [0.2, 0.25) is 0 Å². The van der Waals surface area contributed by atoms with Gasteiger partial charge in [0.05, 0.1) is 0 Å². The maximum atomic E-state index is 3.76. The Bertz CT molecular complexity index is 119. The second-order valence-corrected chi connectivity index (χ2v) is 13.3. The Morgan fingerprint density at radius 3 is 2.20 bits per heavy atom. The van der Waals surface area contributed by atoms with E-state index in [4.69, 9.17) is 0 Å². The molecule has 1 aliphatic rings. The summed E-state index contributed by atoms with van der Waals surface area (Å²) in [6, 6.07) is 0.721. The summed E-state index contributed by atoms with van der Waals surface area (Å²) in [5, 5.41) is 0. The van der Waals surface area contributed by atoms with Crippen LogP contribution in [0.5, 0.6) is 0 Å². The molecule has 0 radical (unpaired) electrons. The van der Waals surface area contributed by atoms with Crippen LogP contribution in [0.2, 0.25) is 24.4 Å². The molecule has 0 aliphatic carbocycles. The van der Waals surface area contributed by atoms with Crippen LogP contribution in [-0.2, 0) is 0 Å². The normalized spacial score (nSPS) is 39.9. The van der Waals surface area contributed by atoms with Gasteiger partial charge in [-0.15, -0.1) is 0 Å². The van der Waals surface area contributed by atoms with E-state index >= 15 is 0 Å². The fourth-order valence-corrected chi connectivity index (χ4v) is 16.5. The van der Waals surface area contributed by atoms with Gasteiger partial charge in [-0.1, -0.05) is 38.3 Å². The fourth-order valence-electron chi connectivity index (χ4n) is 2.29. The average molecular weight is 173 g/mol. The molecule has 0 bridgehead atoms. The van der Waals surface area contributed by atoms with E-state index in [1.165, 1.54) is 0 Å².